The average molecular weight is 256 g/mol. The normalized spacial score (nSPS) is 21.6. The molecule has 0 saturated carbocycles. The van der Waals surface area contributed by atoms with E-state index in [2.05, 4.69) is 5.43 Å². The topological polar surface area (TPSA) is 56.5 Å². The van der Waals surface area contributed by atoms with Crippen LogP contribution in [0.15, 0.2) is 11.4 Å². The molecule has 2 rings (SSSR count). The molecule has 5 heteroatoms. The second-order valence-corrected chi connectivity index (χ2v) is 5.23. The van der Waals surface area contributed by atoms with Crippen molar-refractivity contribution in [3.05, 3.63) is 16.3 Å². The molecule has 2 unspecified atom stereocenters. The van der Waals surface area contributed by atoms with Crippen LogP contribution in [0.4, 0.5) is 0 Å². The SMILES string of the molecule is COc1ccsc1C(CCC1CCCO1)NN. The number of methoxy groups -OCH3 is 1. The van der Waals surface area contributed by atoms with Crippen molar-refractivity contribution in [1.29, 1.82) is 0 Å². The maximum Gasteiger partial charge on any atom is 0.134 e. The van der Waals surface area contributed by atoms with Crippen LogP contribution in [-0.2, 0) is 4.74 Å². The van der Waals surface area contributed by atoms with Crippen molar-refractivity contribution >= 4 is 11.3 Å². The molecule has 0 spiro atoms. The molecule has 0 aromatic carbocycles. The number of nitrogens with two attached hydrogens (primary N) is 1. The largest absolute Gasteiger partial charge is 0.496 e. The van der Waals surface area contributed by atoms with Crippen molar-refractivity contribution in [2.75, 3.05) is 13.7 Å². The first-order valence-corrected chi connectivity index (χ1v) is 6.92. The second-order valence-electron chi connectivity index (χ2n) is 4.28. The summed E-state index contributed by atoms with van der Waals surface area (Å²) in [5, 5.41) is 2.03. The molecule has 2 heterocycles. The fourth-order valence-electron chi connectivity index (χ4n) is 2.25. The smallest absolute Gasteiger partial charge is 0.134 e. The summed E-state index contributed by atoms with van der Waals surface area (Å²) in [5.41, 5.74) is 2.88. The van der Waals surface area contributed by atoms with Gasteiger partial charge >= 0.3 is 0 Å². The van der Waals surface area contributed by atoms with Gasteiger partial charge in [-0.2, -0.15) is 0 Å². The number of ether oxygens (including phenoxy) is 2. The van der Waals surface area contributed by atoms with E-state index >= 15 is 0 Å². The van der Waals surface area contributed by atoms with Gasteiger partial charge < -0.3 is 9.47 Å². The van der Waals surface area contributed by atoms with Gasteiger partial charge in [0.05, 0.1) is 24.1 Å². The first-order valence-electron chi connectivity index (χ1n) is 6.04. The van der Waals surface area contributed by atoms with Gasteiger partial charge in [0.1, 0.15) is 5.75 Å². The molecule has 17 heavy (non-hydrogen) atoms. The molecular weight excluding hydrogens is 236 g/mol. The molecule has 0 amide bonds. The maximum absolute atomic E-state index is 5.63. The summed E-state index contributed by atoms with van der Waals surface area (Å²) >= 11 is 1.68. The van der Waals surface area contributed by atoms with E-state index in [0.717, 1.165) is 25.2 Å². The van der Waals surface area contributed by atoms with Gasteiger partial charge in [0, 0.05) is 6.61 Å². The Balaban J connectivity index is 1.91. The molecule has 1 saturated heterocycles. The van der Waals surface area contributed by atoms with E-state index in [0.29, 0.717) is 6.10 Å². The predicted octanol–water partition coefficient (Wildman–Crippen LogP) is 2.22. The van der Waals surface area contributed by atoms with Gasteiger partial charge in [0.2, 0.25) is 0 Å². The van der Waals surface area contributed by atoms with Gasteiger partial charge in [-0.3, -0.25) is 11.3 Å². The minimum Gasteiger partial charge on any atom is -0.496 e. The average Bonchev–Trinajstić information content (AvgIpc) is 3.00. The molecular formula is C12H20N2O2S. The van der Waals surface area contributed by atoms with Gasteiger partial charge in [-0.05, 0) is 37.1 Å². The van der Waals surface area contributed by atoms with Crippen molar-refractivity contribution < 1.29 is 9.47 Å². The number of nitrogens with one attached hydrogen (secondary N) is 1. The van der Waals surface area contributed by atoms with E-state index in [4.69, 9.17) is 15.3 Å². The summed E-state index contributed by atoms with van der Waals surface area (Å²) in [4.78, 5) is 1.17. The molecule has 96 valence electrons. The molecule has 0 radical (unpaired) electrons. The van der Waals surface area contributed by atoms with Crippen LogP contribution < -0.4 is 16.0 Å². The zero-order valence-corrected chi connectivity index (χ0v) is 11.0. The van der Waals surface area contributed by atoms with E-state index in [-0.39, 0.29) is 6.04 Å². The van der Waals surface area contributed by atoms with Crippen LogP contribution in [0.3, 0.4) is 0 Å². The zero-order chi connectivity index (χ0) is 12.1. The fraction of sp³-hybridized carbons (Fsp3) is 0.667. The predicted molar refractivity (Wildman–Crippen MR) is 69.1 cm³/mol. The molecule has 1 aliphatic heterocycles. The molecule has 4 nitrogen and oxygen atoms in total. The summed E-state index contributed by atoms with van der Waals surface area (Å²) in [6.45, 7) is 0.910. The van der Waals surface area contributed by atoms with Crippen molar-refractivity contribution in [2.45, 2.75) is 37.8 Å². The Kier molecular flexibility index (Phi) is 4.79. The van der Waals surface area contributed by atoms with Gasteiger partial charge in [-0.1, -0.05) is 0 Å². The molecule has 3 N–H and O–H groups in total. The van der Waals surface area contributed by atoms with Crippen molar-refractivity contribution in [3.63, 3.8) is 0 Å². The van der Waals surface area contributed by atoms with E-state index in [9.17, 15) is 0 Å². The van der Waals surface area contributed by atoms with E-state index in [1.165, 1.54) is 17.7 Å². The number of hydrazine groups is 1. The van der Waals surface area contributed by atoms with Gasteiger partial charge in [0.25, 0.3) is 0 Å². The molecule has 0 bridgehead atoms. The highest BCUT2D eigenvalue weighted by Gasteiger charge is 2.20. The number of thiophene rings is 1. The molecule has 1 aliphatic rings. The number of hydrogen-bond donors (Lipinski definition) is 2. The van der Waals surface area contributed by atoms with Crippen molar-refractivity contribution in [3.8, 4) is 5.75 Å². The fourth-order valence-corrected chi connectivity index (χ4v) is 3.20. The minimum atomic E-state index is 0.161. The summed E-state index contributed by atoms with van der Waals surface area (Å²) in [6, 6.07) is 2.14. The van der Waals surface area contributed by atoms with Gasteiger partial charge in [0.15, 0.2) is 0 Å². The maximum atomic E-state index is 5.63. The number of rotatable bonds is 6. The summed E-state index contributed by atoms with van der Waals surface area (Å²) in [6.07, 6.45) is 4.82. The third-order valence-corrected chi connectivity index (χ3v) is 4.21. The lowest BCUT2D eigenvalue weighted by atomic mass is 10.0. The van der Waals surface area contributed by atoms with Crippen LogP contribution in [0.2, 0.25) is 0 Å². The molecule has 2 atom stereocenters. The highest BCUT2D eigenvalue weighted by atomic mass is 32.1. The van der Waals surface area contributed by atoms with E-state index in [1.807, 2.05) is 11.4 Å². The summed E-state index contributed by atoms with van der Waals surface area (Å²) in [5.74, 6) is 6.55. The third kappa shape index (κ3) is 3.19. The lowest BCUT2D eigenvalue weighted by molar-refractivity contribution is 0.0996. The third-order valence-electron chi connectivity index (χ3n) is 3.20. The highest BCUT2D eigenvalue weighted by molar-refractivity contribution is 7.10. The first kappa shape index (κ1) is 12.8. The standard InChI is InChI=1S/C12H20N2O2S/c1-15-11-6-8-17-12(11)10(14-13)5-4-9-3-2-7-16-9/h6,8-10,14H,2-5,7,13H2,1H3. The van der Waals surface area contributed by atoms with Crippen LogP contribution in [-0.4, -0.2) is 19.8 Å². The van der Waals surface area contributed by atoms with Crippen LogP contribution in [0.1, 0.15) is 36.6 Å². The van der Waals surface area contributed by atoms with Crippen molar-refractivity contribution in [1.82, 2.24) is 5.43 Å². The quantitative estimate of drug-likeness (QED) is 0.605. The van der Waals surface area contributed by atoms with Crippen LogP contribution in [0.25, 0.3) is 0 Å². The molecule has 1 fully saturated rings. The van der Waals surface area contributed by atoms with Crippen molar-refractivity contribution in [2.24, 2.45) is 5.84 Å². The lowest BCUT2D eigenvalue weighted by Crippen LogP contribution is -2.28. The number of hydrogen-bond acceptors (Lipinski definition) is 5. The Morgan fingerprint density at radius 3 is 3.24 bits per heavy atom. The van der Waals surface area contributed by atoms with Crippen LogP contribution in [0.5, 0.6) is 5.75 Å². The van der Waals surface area contributed by atoms with Gasteiger partial charge in [-0.25, -0.2) is 0 Å². The minimum absolute atomic E-state index is 0.161. The molecule has 0 aliphatic carbocycles. The monoisotopic (exact) mass is 256 g/mol. The van der Waals surface area contributed by atoms with Crippen LogP contribution >= 0.6 is 11.3 Å². The van der Waals surface area contributed by atoms with E-state index < -0.39 is 0 Å². The Bertz CT molecular complexity index is 337. The van der Waals surface area contributed by atoms with Gasteiger partial charge in [-0.15, -0.1) is 11.3 Å². The molecule has 1 aromatic rings. The zero-order valence-electron chi connectivity index (χ0n) is 10.1. The Morgan fingerprint density at radius 2 is 2.59 bits per heavy atom. The second kappa shape index (κ2) is 6.35. The molecule has 1 aromatic heterocycles. The summed E-state index contributed by atoms with van der Waals surface area (Å²) < 4.78 is 10.9. The van der Waals surface area contributed by atoms with Crippen LogP contribution in [0, 0.1) is 0 Å². The Hall–Kier alpha value is -0.620. The Morgan fingerprint density at radius 1 is 1.71 bits per heavy atom. The first-order chi connectivity index (χ1) is 8.35. The van der Waals surface area contributed by atoms with E-state index in [1.54, 1.807) is 18.4 Å². The lowest BCUT2D eigenvalue weighted by Gasteiger charge is -2.17. The Labute approximate surface area is 106 Å². The highest BCUT2D eigenvalue weighted by Crippen LogP contribution is 2.33. The summed E-state index contributed by atoms with van der Waals surface area (Å²) in [7, 11) is 1.69.